The quantitative estimate of drug-likeness (QED) is 0.103. The Balaban J connectivity index is 1.74. The highest BCUT2D eigenvalue weighted by molar-refractivity contribution is 5.94. The molecule has 0 radical (unpaired) electrons. The average molecular weight is 488 g/mol. The van der Waals surface area contributed by atoms with Gasteiger partial charge in [-0.1, -0.05) is 18.2 Å². The van der Waals surface area contributed by atoms with Gasteiger partial charge < -0.3 is 37.5 Å². The van der Waals surface area contributed by atoms with Gasteiger partial charge in [-0.3, -0.25) is 19.4 Å². The van der Waals surface area contributed by atoms with Crippen molar-refractivity contribution >= 4 is 30.0 Å². The number of unbranched alkanes of at least 4 members (excludes halogenated alkanes) is 1. The Labute approximate surface area is 205 Å². The number of hydrogen-bond donors (Lipinski definition) is 5. The molecule has 0 aliphatic carbocycles. The standard InChI is InChI=1S/C24H37N7O4/c25-19(11-4-5-13-28-21(33)17-8-2-1-3-9-17)23(35)31-15-7-12-20(31)22(34)30-18(16-32)10-6-14-29-24(26)27/h1-3,8-9,16,18-20H,4-7,10-15,25H2,(H,28,33)(H,30,34)(H4,26,27,29)/t18-,19+,20-/m0/s1. The number of aldehydes is 1. The Hall–Kier alpha value is -3.47. The van der Waals surface area contributed by atoms with Crippen molar-refractivity contribution in [3.63, 3.8) is 0 Å². The number of carbonyl (C=O) groups is 4. The second-order valence-corrected chi connectivity index (χ2v) is 8.61. The number of likely N-dealkylation sites (tertiary alicyclic amines) is 1. The van der Waals surface area contributed by atoms with E-state index in [9.17, 15) is 19.2 Å². The van der Waals surface area contributed by atoms with Crippen LogP contribution in [0.3, 0.4) is 0 Å². The van der Waals surface area contributed by atoms with E-state index >= 15 is 0 Å². The Morgan fingerprint density at radius 1 is 1.11 bits per heavy atom. The van der Waals surface area contributed by atoms with Gasteiger partial charge in [-0.05, 0) is 57.1 Å². The smallest absolute Gasteiger partial charge is 0.251 e. The van der Waals surface area contributed by atoms with Crippen molar-refractivity contribution in [1.82, 2.24) is 15.5 Å². The van der Waals surface area contributed by atoms with E-state index in [1.54, 1.807) is 24.3 Å². The monoisotopic (exact) mass is 487 g/mol. The molecule has 192 valence electrons. The molecular weight excluding hydrogens is 450 g/mol. The highest BCUT2D eigenvalue weighted by Crippen LogP contribution is 2.19. The zero-order valence-corrected chi connectivity index (χ0v) is 20.0. The number of nitrogens with zero attached hydrogens (tertiary/aromatic N) is 2. The first kappa shape index (κ1) is 27.8. The van der Waals surface area contributed by atoms with Crippen LogP contribution in [0.1, 0.15) is 55.3 Å². The molecular formula is C24H37N7O4. The lowest BCUT2D eigenvalue weighted by Crippen LogP contribution is -2.53. The van der Waals surface area contributed by atoms with Crippen LogP contribution >= 0.6 is 0 Å². The van der Waals surface area contributed by atoms with E-state index in [0.717, 1.165) is 0 Å². The minimum absolute atomic E-state index is 0.0231. The lowest BCUT2D eigenvalue weighted by Gasteiger charge is -2.27. The van der Waals surface area contributed by atoms with Crippen molar-refractivity contribution in [3.05, 3.63) is 35.9 Å². The molecule has 3 amide bonds. The van der Waals surface area contributed by atoms with E-state index in [0.29, 0.717) is 76.4 Å². The third-order valence-corrected chi connectivity index (χ3v) is 5.88. The summed E-state index contributed by atoms with van der Waals surface area (Å²) in [6.45, 7) is 1.30. The molecule has 1 aromatic carbocycles. The molecule has 1 heterocycles. The summed E-state index contributed by atoms with van der Waals surface area (Å²) in [5.41, 5.74) is 17.3. The number of guanidine groups is 1. The van der Waals surface area contributed by atoms with Gasteiger partial charge in [0.05, 0.1) is 12.1 Å². The van der Waals surface area contributed by atoms with Crippen LogP contribution < -0.4 is 27.8 Å². The Kier molecular flexibility index (Phi) is 11.7. The van der Waals surface area contributed by atoms with Crippen molar-refractivity contribution in [1.29, 1.82) is 0 Å². The van der Waals surface area contributed by atoms with Gasteiger partial charge in [0.1, 0.15) is 12.3 Å². The zero-order chi connectivity index (χ0) is 25.6. The van der Waals surface area contributed by atoms with E-state index in [4.69, 9.17) is 17.2 Å². The van der Waals surface area contributed by atoms with Crippen molar-refractivity contribution < 1.29 is 19.2 Å². The Morgan fingerprint density at radius 2 is 1.86 bits per heavy atom. The number of aliphatic imine (C=N–C) groups is 1. The fourth-order valence-electron chi connectivity index (χ4n) is 3.99. The summed E-state index contributed by atoms with van der Waals surface area (Å²) in [6, 6.07) is 6.91. The average Bonchev–Trinajstić information content (AvgIpc) is 3.35. The minimum atomic E-state index is -0.727. The summed E-state index contributed by atoms with van der Waals surface area (Å²) < 4.78 is 0. The van der Waals surface area contributed by atoms with Crippen molar-refractivity contribution in [2.24, 2.45) is 22.2 Å². The number of benzene rings is 1. The van der Waals surface area contributed by atoms with Crippen LogP contribution in [0.4, 0.5) is 0 Å². The lowest BCUT2D eigenvalue weighted by molar-refractivity contribution is -0.140. The first-order valence-electron chi connectivity index (χ1n) is 12.0. The number of carbonyl (C=O) groups excluding carboxylic acids is 4. The van der Waals surface area contributed by atoms with Gasteiger partial charge in [0.15, 0.2) is 5.96 Å². The van der Waals surface area contributed by atoms with Crippen LogP contribution in [0.2, 0.25) is 0 Å². The van der Waals surface area contributed by atoms with Gasteiger partial charge in [0, 0.05) is 25.2 Å². The zero-order valence-electron chi connectivity index (χ0n) is 20.0. The predicted octanol–water partition coefficient (Wildman–Crippen LogP) is -0.358. The maximum atomic E-state index is 12.9. The number of rotatable bonds is 14. The summed E-state index contributed by atoms with van der Waals surface area (Å²) in [4.78, 5) is 54.4. The van der Waals surface area contributed by atoms with Crippen LogP contribution in [0, 0.1) is 0 Å². The van der Waals surface area contributed by atoms with Crippen LogP contribution in [0.5, 0.6) is 0 Å². The Bertz CT molecular complexity index is 874. The number of nitrogens with two attached hydrogens (primary N) is 3. The molecule has 11 nitrogen and oxygen atoms in total. The number of hydrogen-bond acceptors (Lipinski definition) is 6. The largest absolute Gasteiger partial charge is 0.370 e. The molecule has 1 saturated heterocycles. The first-order chi connectivity index (χ1) is 16.8. The second-order valence-electron chi connectivity index (χ2n) is 8.61. The SMILES string of the molecule is NC(N)=NCCC[C@@H](C=O)NC(=O)[C@@H]1CCCN1C(=O)[C@H](N)CCCCNC(=O)c1ccccc1. The van der Waals surface area contributed by atoms with Crippen molar-refractivity contribution in [2.45, 2.75) is 63.1 Å². The summed E-state index contributed by atoms with van der Waals surface area (Å²) in [6.07, 6.45) is 4.62. The van der Waals surface area contributed by atoms with Gasteiger partial charge in [-0.15, -0.1) is 0 Å². The van der Waals surface area contributed by atoms with E-state index in [1.807, 2.05) is 6.07 Å². The van der Waals surface area contributed by atoms with Gasteiger partial charge in [0.2, 0.25) is 11.8 Å². The molecule has 0 spiro atoms. The van der Waals surface area contributed by atoms with Crippen LogP contribution in [0.25, 0.3) is 0 Å². The summed E-state index contributed by atoms with van der Waals surface area (Å²) in [5, 5.41) is 5.56. The molecule has 3 atom stereocenters. The lowest BCUT2D eigenvalue weighted by atomic mass is 10.1. The van der Waals surface area contributed by atoms with Gasteiger partial charge in [-0.2, -0.15) is 0 Å². The normalized spacial score (nSPS) is 16.7. The molecule has 1 aromatic rings. The molecule has 11 heteroatoms. The van der Waals surface area contributed by atoms with E-state index in [1.165, 1.54) is 4.90 Å². The maximum Gasteiger partial charge on any atom is 0.251 e. The predicted molar refractivity (Wildman–Crippen MR) is 133 cm³/mol. The van der Waals surface area contributed by atoms with E-state index in [2.05, 4.69) is 15.6 Å². The molecule has 1 fully saturated rings. The van der Waals surface area contributed by atoms with Crippen molar-refractivity contribution in [3.8, 4) is 0 Å². The molecule has 2 rings (SSSR count). The first-order valence-corrected chi connectivity index (χ1v) is 12.0. The molecule has 1 aliphatic heterocycles. The van der Waals surface area contributed by atoms with Crippen molar-refractivity contribution in [2.75, 3.05) is 19.6 Å². The van der Waals surface area contributed by atoms with E-state index < -0.39 is 18.1 Å². The summed E-state index contributed by atoms with van der Waals surface area (Å²) in [5.74, 6) is -0.788. The highest BCUT2D eigenvalue weighted by Gasteiger charge is 2.36. The van der Waals surface area contributed by atoms with Gasteiger partial charge in [0.25, 0.3) is 5.91 Å². The molecule has 0 aromatic heterocycles. The van der Waals surface area contributed by atoms with Gasteiger partial charge in [-0.25, -0.2) is 0 Å². The maximum absolute atomic E-state index is 12.9. The molecule has 1 aliphatic rings. The number of nitrogens with one attached hydrogen (secondary N) is 2. The minimum Gasteiger partial charge on any atom is -0.370 e. The van der Waals surface area contributed by atoms with Crippen LogP contribution in [0.15, 0.2) is 35.3 Å². The molecule has 8 N–H and O–H groups in total. The third kappa shape index (κ3) is 9.36. The van der Waals surface area contributed by atoms with E-state index in [-0.39, 0.29) is 23.7 Å². The third-order valence-electron chi connectivity index (χ3n) is 5.88. The summed E-state index contributed by atoms with van der Waals surface area (Å²) >= 11 is 0. The van der Waals surface area contributed by atoms with Crippen LogP contribution in [-0.2, 0) is 14.4 Å². The topological polar surface area (TPSA) is 186 Å². The molecule has 35 heavy (non-hydrogen) atoms. The van der Waals surface area contributed by atoms with Gasteiger partial charge >= 0.3 is 0 Å². The van der Waals surface area contributed by atoms with Crippen LogP contribution in [-0.4, -0.2) is 72.6 Å². The second kappa shape index (κ2) is 14.7. The molecule has 0 saturated carbocycles. The molecule has 0 bridgehead atoms. The highest BCUT2D eigenvalue weighted by atomic mass is 16.2. The fourth-order valence-corrected chi connectivity index (χ4v) is 3.99. The molecule has 0 unspecified atom stereocenters. The number of amides is 3. The Morgan fingerprint density at radius 3 is 2.54 bits per heavy atom. The fraction of sp³-hybridized carbons (Fsp3) is 0.542. The summed E-state index contributed by atoms with van der Waals surface area (Å²) in [7, 11) is 0.